The Balaban J connectivity index is 2.69. The number of nitrogens with two attached hydrogens (primary N) is 1. The van der Waals surface area contributed by atoms with Gasteiger partial charge in [-0.1, -0.05) is 6.07 Å². The van der Waals surface area contributed by atoms with E-state index < -0.39 is 5.82 Å². The first kappa shape index (κ1) is 9.25. The smallest absolute Gasteiger partial charge is 0.249 e. The van der Waals surface area contributed by atoms with E-state index in [4.69, 9.17) is 5.73 Å². The SMILES string of the molecule is NC=CC(=O)Nc1cccc(F)c1. The van der Waals surface area contributed by atoms with Gasteiger partial charge in [-0.2, -0.15) is 0 Å². The first-order valence-electron chi connectivity index (χ1n) is 3.67. The number of hydrogen-bond donors (Lipinski definition) is 2. The zero-order valence-corrected chi connectivity index (χ0v) is 6.83. The maximum absolute atomic E-state index is 12.6. The highest BCUT2D eigenvalue weighted by Gasteiger charge is 1.97. The van der Waals surface area contributed by atoms with Crippen LogP contribution < -0.4 is 11.1 Å². The molecular weight excluding hydrogens is 171 g/mol. The largest absolute Gasteiger partial charge is 0.404 e. The number of rotatable bonds is 2. The maximum atomic E-state index is 12.6. The van der Waals surface area contributed by atoms with Gasteiger partial charge in [0, 0.05) is 11.8 Å². The van der Waals surface area contributed by atoms with Crippen molar-refractivity contribution in [2.24, 2.45) is 5.73 Å². The number of amides is 1. The van der Waals surface area contributed by atoms with Gasteiger partial charge < -0.3 is 11.1 Å². The standard InChI is InChI=1S/C9H9FN2O/c10-7-2-1-3-8(6-7)12-9(13)4-5-11/h1-6H,11H2,(H,12,13). The van der Waals surface area contributed by atoms with Crippen LogP contribution in [0.4, 0.5) is 10.1 Å². The Bertz CT molecular complexity index is 336. The Kier molecular flexibility index (Phi) is 3.03. The fourth-order valence-electron chi connectivity index (χ4n) is 0.838. The van der Waals surface area contributed by atoms with Crippen molar-refractivity contribution < 1.29 is 9.18 Å². The molecule has 0 saturated carbocycles. The van der Waals surface area contributed by atoms with E-state index >= 15 is 0 Å². The average Bonchev–Trinajstić information content (AvgIpc) is 2.04. The first-order valence-corrected chi connectivity index (χ1v) is 3.67. The van der Waals surface area contributed by atoms with E-state index in [2.05, 4.69) is 5.32 Å². The van der Waals surface area contributed by atoms with Crippen molar-refractivity contribution in [2.45, 2.75) is 0 Å². The maximum Gasteiger partial charge on any atom is 0.249 e. The number of carbonyl (C=O) groups excluding carboxylic acids is 1. The third-order valence-corrected chi connectivity index (χ3v) is 1.34. The van der Waals surface area contributed by atoms with Crippen LogP contribution in [0.3, 0.4) is 0 Å². The molecule has 0 atom stereocenters. The second-order valence-corrected chi connectivity index (χ2v) is 2.36. The number of halogens is 1. The van der Waals surface area contributed by atoms with E-state index in [0.717, 1.165) is 12.3 Å². The van der Waals surface area contributed by atoms with Gasteiger partial charge in [-0.3, -0.25) is 4.79 Å². The molecule has 0 radical (unpaired) electrons. The van der Waals surface area contributed by atoms with Crippen LogP contribution in [0.15, 0.2) is 36.5 Å². The summed E-state index contributed by atoms with van der Waals surface area (Å²) in [6, 6.07) is 5.62. The summed E-state index contributed by atoms with van der Waals surface area (Å²) in [7, 11) is 0. The Morgan fingerprint density at radius 3 is 2.92 bits per heavy atom. The van der Waals surface area contributed by atoms with Crippen LogP contribution in [-0.2, 0) is 4.79 Å². The summed E-state index contributed by atoms with van der Waals surface area (Å²) >= 11 is 0. The summed E-state index contributed by atoms with van der Waals surface area (Å²) in [5, 5.41) is 2.44. The fraction of sp³-hybridized carbons (Fsp3) is 0. The van der Waals surface area contributed by atoms with Crippen LogP contribution in [0.1, 0.15) is 0 Å². The van der Waals surface area contributed by atoms with Crippen molar-refractivity contribution in [2.75, 3.05) is 5.32 Å². The van der Waals surface area contributed by atoms with Crippen molar-refractivity contribution in [1.29, 1.82) is 0 Å². The van der Waals surface area contributed by atoms with Crippen molar-refractivity contribution in [3.05, 3.63) is 42.4 Å². The molecule has 0 unspecified atom stereocenters. The Morgan fingerprint density at radius 1 is 1.54 bits per heavy atom. The quantitative estimate of drug-likeness (QED) is 0.672. The highest BCUT2D eigenvalue weighted by Crippen LogP contribution is 2.08. The molecule has 3 nitrogen and oxygen atoms in total. The molecule has 68 valence electrons. The molecule has 0 aliphatic carbocycles. The molecule has 1 amide bonds. The zero-order chi connectivity index (χ0) is 9.68. The molecule has 0 aromatic heterocycles. The summed E-state index contributed by atoms with van der Waals surface area (Å²) in [5.74, 6) is -0.775. The zero-order valence-electron chi connectivity index (χ0n) is 6.83. The van der Waals surface area contributed by atoms with E-state index in [1.807, 2.05) is 0 Å². The Labute approximate surface area is 75.1 Å². The third kappa shape index (κ3) is 2.94. The molecule has 0 saturated heterocycles. The van der Waals surface area contributed by atoms with Crippen LogP contribution >= 0.6 is 0 Å². The van der Waals surface area contributed by atoms with Crippen molar-refractivity contribution >= 4 is 11.6 Å². The highest BCUT2D eigenvalue weighted by molar-refractivity contribution is 5.99. The van der Waals surface area contributed by atoms with Crippen LogP contribution in [0.2, 0.25) is 0 Å². The minimum Gasteiger partial charge on any atom is -0.404 e. The number of anilines is 1. The molecule has 0 heterocycles. The topological polar surface area (TPSA) is 55.1 Å². The summed E-state index contributed by atoms with van der Waals surface area (Å²) in [6.45, 7) is 0. The Morgan fingerprint density at radius 2 is 2.31 bits per heavy atom. The molecule has 0 spiro atoms. The predicted molar refractivity (Wildman–Crippen MR) is 48.4 cm³/mol. The summed E-state index contributed by atoms with van der Waals surface area (Å²) in [5.41, 5.74) is 5.40. The summed E-state index contributed by atoms with van der Waals surface area (Å²) < 4.78 is 12.6. The lowest BCUT2D eigenvalue weighted by Crippen LogP contribution is -2.08. The van der Waals surface area contributed by atoms with Crippen molar-refractivity contribution in [3.8, 4) is 0 Å². The van der Waals surface area contributed by atoms with Gasteiger partial charge in [-0.15, -0.1) is 0 Å². The van der Waals surface area contributed by atoms with Gasteiger partial charge in [-0.25, -0.2) is 4.39 Å². The molecule has 1 rings (SSSR count). The lowest BCUT2D eigenvalue weighted by Gasteiger charge is -2.00. The van der Waals surface area contributed by atoms with E-state index in [1.54, 1.807) is 6.07 Å². The molecule has 0 bridgehead atoms. The van der Waals surface area contributed by atoms with E-state index in [9.17, 15) is 9.18 Å². The molecule has 1 aromatic carbocycles. The van der Waals surface area contributed by atoms with Gasteiger partial charge in [0.2, 0.25) is 5.91 Å². The third-order valence-electron chi connectivity index (χ3n) is 1.34. The first-order chi connectivity index (χ1) is 6.22. The monoisotopic (exact) mass is 180 g/mol. The number of carbonyl (C=O) groups is 1. The van der Waals surface area contributed by atoms with E-state index in [-0.39, 0.29) is 5.91 Å². The van der Waals surface area contributed by atoms with Crippen molar-refractivity contribution in [3.63, 3.8) is 0 Å². The van der Waals surface area contributed by atoms with Crippen LogP contribution in [0.5, 0.6) is 0 Å². The van der Waals surface area contributed by atoms with Gasteiger partial charge in [-0.05, 0) is 24.4 Å². The second-order valence-electron chi connectivity index (χ2n) is 2.36. The number of benzene rings is 1. The summed E-state index contributed by atoms with van der Waals surface area (Å²) in [6.07, 6.45) is 2.28. The van der Waals surface area contributed by atoms with E-state index in [1.165, 1.54) is 18.2 Å². The molecule has 1 aromatic rings. The number of nitrogens with one attached hydrogen (secondary N) is 1. The lowest BCUT2D eigenvalue weighted by atomic mass is 10.3. The fourth-order valence-corrected chi connectivity index (χ4v) is 0.838. The molecule has 0 fully saturated rings. The molecule has 0 aliphatic heterocycles. The molecular formula is C9H9FN2O. The minimum absolute atomic E-state index is 0.381. The second kappa shape index (κ2) is 4.25. The normalized spacial score (nSPS) is 10.2. The summed E-state index contributed by atoms with van der Waals surface area (Å²) in [4.78, 5) is 10.9. The van der Waals surface area contributed by atoms with Crippen LogP contribution in [0.25, 0.3) is 0 Å². The molecule has 4 heteroatoms. The predicted octanol–water partition coefficient (Wildman–Crippen LogP) is 1.24. The Hall–Kier alpha value is -1.84. The number of hydrogen-bond acceptors (Lipinski definition) is 2. The van der Waals surface area contributed by atoms with Crippen LogP contribution in [-0.4, -0.2) is 5.91 Å². The van der Waals surface area contributed by atoms with Gasteiger partial charge in [0.1, 0.15) is 5.82 Å². The average molecular weight is 180 g/mol. The molecule has 0 aliphatic rings. The molecule has 13 heavy (non-hydrogen) atoms. The molecule has 3 N–H and O–H groups in total. The van der Waals surface area contributed by atoms with Gasteiger partial charge in [0.15, 0.2) is 0 Å². The lowest BCUT2D eigenvalue weighted by molar-refractivity contribution is -0.111. The van der Waals surface area contributed by atoms with Gasteiger partial charge in [0.05, 0.1) is 0 Å². The van der Waals surface area contributed by atoms with E-state index in [0.29, 0.717) is 5.69 Å². The minimum atomic E-state index is -0.394. The van der Waals surface area contributed by atoms with Crippen LogP contribution in [0, 0.1) is 5.82 Å². The van der Waals surface area contributed by atoms with Crippen molar-refractivity contribution in [1.82, 2.24) is 0 Å². The highest BCUT2D eigenvalue weighted by atomic mass is 19.1. The van der Waals surface area contributed by atoms with Gasteiger partial charge in [0.25, 0.3) is 0 Å². The van der Waals surface area contributed by atoms with Gasteiger partial charge >= 0.3 is 0 Å².